The normalized spacial score (nSPS) is 10.6. The van der Waals surface area contributed by atoms with Crippen molar-refractivity contribution >= 4 is 27.3 Å². The Bertz CT molecular complexity index is 836. The third-order valence-corrected chi connectivity index (χ3v) is 4.39. The molecule has 0 aromatic heterocycles. The number of aryl methyl sites for hydroxylation is 1. The lowest BCUT2D eigenvalue weighted by Gasteiger charge is -2.09. The van der Waals surface area contributed by atoms with Crippen molar-refractivity contribution in [1.29, 1.82) is 5.26 Å². The van der Waals surface area contributed by atoms with Crippen LogP contribution in [0.1, 0.15) is 12.0 Å². The van der Waals surface area contributed by atoms with E-state index in [0.717, 1.165) is 5.56 Å². The molecule has 0 saturated carbocycles. The second kappa shape index (κ2) is 6.94. The van der Waals surface area contributed by atoms with Gasteiger partial charge in [0.15, 0.2) is 0 Å². The molecule has 0 bridgehead atoms. The fourth-order valence-electron chi connectivity index (χ4n) is 1.83. The fraction of sp³-hybridized carbons (Fsp3) is 0.125. The fourth-order valence-corrected chi connectivity index (χ4v) is 2.89. The molecule has 0 heterocycles. The number of nitrogens with one attached hydrogen (secondary N) is 2. The van der Waals surface area contributed by atoms with E-state index in [9.17, 15) is 13.2 Å². The Labute approximate surface area is 134 Å². The van der Waals surface area contributed by atoms with E-state index in [1.165, 1.54) is 24.3 Å². The molecule has 1 amide bonds. The zero-order chi connectivity index (χ0) is 16.9. The predicted molar refractivity (Wildman–Crippen MR) is 87.3 cm³/mol. The number of benzene rings is 2. The largest absolute Gasteiger partial charge is 0.325 e. The molecule has 0 aliphatic heterocycles. The number of nitrogens with zero attached hydrogens (tertiary/aromatic N) is 1. The lowest BCUT2D eigenvalue weighted by Crippen LogP contribution is -2.13. The summed E-state index contributed by atoms with van der Waals surface area (Å²) in [7, 11) is -3.66. The average molecular weight is 329 g/mol. The van der Waals surface area contributed by atoms with Crippen molar-refractivity contribution in [3.8, 4) is 6.07 Å². The van der Waals surface area contributed by atoms with E-state index >= 15 is 0 Å². The van der Waals surface area contributed by atoms with Crippen LogP contribution < -0.4 is 10.0 Å². The van der Waals surface area contributed by atoms with Crippen LogP contribution in [0, 0.1) is 18.3 Å². The topological polar surface area (TPSA) is 99.1 Å². The van der Waals surface area contributed by atoms with Gasteiger partial charge in [-0.05, 0) is 43.3 Å². The molecule has 0 aliphatic carbocycles. The molecule has 2 N–H and O–H groups in total. The van der Waals surface area contributed by atoms with Crippen LogP contribution in [0.5, 0.6) is 0 Å². The van der Waals surface area contributed by atoms with Crippen LogP contribution in [0.2, 0.25) is 0 Å². The Morgan fingerprint density at radius 3 is 2.17 bits per heavy atom. The number of nitriles is 1. The number of rotatable bonds is 5. The number of amides is 1. The molecule has 6 nitrogen and oxygen atoms in total. The van der Waals surface area contributed by atoms with Crippen LogP contribution in [-0.4, -0.2) is 14.3 Å². The highest BCUT2D eigenvalue weighted by molar-refractivity contribution is 7.92. The summed E-state index contributed by atoms with van der Waals surface area (Å²) in [5.41, 5.74) is 1.84. The van der Waals surface area contributed by atoms with Gasteiger partial charge in [-0.2, -0.15) is 5.26 Å². The highest BCUT2D eigenvalue weighted by Crippen LogP contribution is 2.18. The summed E-state index contributed by atoms with van der Waals surface area (Å²) in [5.74, 6) is -0.416. The van der Waals surface area contributed by atoms with Gasteiger partial charge in [-0.3, -0.25) is 9.52 Å². The summed E-state index contributed by atoms with van der Waals surface area (Å²) in [6, 6.07) is 14.5. The van der Waals surface area contributed by atoms with Crippen LogP contribution in [0.25, 0.3) is 0 Å². The lowest BCUT2D eigenvalue weighted by atomic mass is 10.2. The van der Waals surface area contributed by atoms with Crippen molar-refractivity contribution < 1.29 is 13.2 Å². The van der Waals surface area contributed by atoms with Crippen molar-refractivity contribution in [2.45, 2.75) is 18.2 Å². The van der Waals surface area contributed by atoms with Crippen molar-refractivity contribution in [3.63, 3.8) is 0 Å². The van der Waals surface area contributed by atoms with Gasteiger partial charge < -0.3 is 5.32 Å². The monoisotopic (exact) mass is 329 g/mol. The molecule has 2 aromatic rings. The van der Waals surface area contributed by atoms with Gasteiger partial charge in [-0.15, -0.1) is 0 Å². The van der Waals surface area contributed by atoms with Crippen LogP contribution in [0.4, 0.5) is 11.4 Å². The second-order valence-electron chi connectivity index (χ2n) is 4.88. The average Bonchev–Trinajstić information content (AvgIpc) is 2.50. The molecule has 0 radical (unpaired) electrons. The summed E-state index contributed by atoms with van der Waals surface area (Å²) in [5, 5.41) is 11.0. The zero-order valence-corrected chi connectivity index (χ0v) is 13.2. The maximum atomic E-state index is 12.2. The van der Waals surface area contributed by atoms with Gasteiger partial charge in [0.05, 0.1) is 11.0 Å². The first-order valence-corrected chi connectivity index (χ1v) is 8.25. The number of carbonyl (C=O) groups is 1. The van der Waals surface area contributed by atoms with E-state index < -0.39 is 15.9 Å². The van der Waals surface area contributed by atoms with E-state index in [4.69, 9.17) is 5.26 Å². The van der Waals surface area contributed by atoms with Crippen molar-refractivity contribution in [2.24, 2.45) is 0 Å². The minimum atomic E-state index is -3.66. The van der Waals surface area contributed by atoms with Crippen molar-refractivity contribution in [3.05, 3.63) is 54.1 Å². The minimum absolute atomic E-state index is 0.175. The SMILES string of the molecule is Cc1ccc(S(=O)(=O)Nc2ccc(NC(=O)CC#N)cc2)cc1. The van der Waals surface area contributed by atoms with Gasteiger partial charge in [-0.25, -0.2) is 8.42 Å². The van der Waals surface area contributed by atoms with Gasteiger partial charge in [0.2, 0.25) is 5.91 Å². The molecular formula is C16H15N3O3S. The van der Waals surface area contributed by atoms with Crippen molar-refractivity contribution in [2.75, 3.05) is 10.0 Å². The van der Waals surface area contributed by atoms with E-state index in [1.807, 2.05) is 6.92 Å². The Kier molecular flexibility index (Phi) is 4.98. The van der Waals surface area contributed by atoms with E-state index in [0.29, 0.717) is 11.4 Å². The molecule has 0 fully saturated rings. The Morgan fingerprint density at radius 1 is 1.04 bits per heavy atom. The van der Waals surface area contributed by atoms with Crippen LogP contribution in [0.3, 0.4) is 0 Å². The molecule has 7 heteroatoms. The maximum absolute atomic E-state index is 12.2. The Hall–Kier alpha value is -2.85. The molecule has 0 spiro atoms. The minimum Gasteiger partial charge on any atom is -0.325 e. The van der Waals surface area contributed by atoms with Crippen LogP contribution >= 0.6 is 0 Å². The number of sulfonamides is 1. The predicted octanol–water partition coefficient (Wildman–Crippen LogP) is 2.65. The lowest BCUT2D eigenvalue weighted by molar-refractivity contribution is -0.115. The van der Waals surface area contributed by atoms with Crippen LogP contribution in [0.15, 0.2) is 53.4 Å². The number of anilines is 2. The molecule has 0 atom stereocenters. The first-order chi connectivity index (χ1) is 10.9. The van der Waals surface area contributed by atoms with E-state index in [2.05, 4.69) is 10.0 Å². The molecule has 2 rings (SSSR count). The van der Waals surface area contributed by atoms with Gasteiger partial charge >= 0.3 is 0 Å². The summed E-state index contributed by atoms with van der Waals surface area (Å²) < 4.78 is 27.0. The van der Waals surface area contributed by atoms with Gasteiger partial charge in [0.1, 0.15) is 6.42 Å². The van der Waals surface area contributed by atoms with Gasteiger partial charge in [0.25, 0.3) is 10.0 Å². The summed E-state index contributed by atoms with van der Waals surface area (Å²) in [6.45, 7) is 1.88. The summed E-state index contributed by atoms with van der Waals surface area (Å²) in [4.78, 5) is 11.5. The summed E-state index contributed by atoms with van der Waals surface area (Å²) in [6.07, 6.45) is -0.234. The molecule has 0 unspecified atom stereocenters. The smallest absolute Gasteiger partial charge is 0.261 e. The first kappa shape index (κ1) is 16.5. The van der Waals surface area contributed by atoms with Gasteiger partial charge in [-0.1, -0.05) is 17.7 Å². The zero-order valence-electron chi connectivity index (χ0n) is 12.4. The molecule has 23 heavy (non-hydrogen) atoms. The number of carbonyl (C=O) groups excluding carboxylic acids is 1. The molecular weight excluding hydrogens is 314 g/mol. The highest BCUT2D eigenvalue weighted by Gasteiger charge is 2.13. The molecule has 2 aromatic carbocycles. The third kappa shape index (κ3) is 4.56. The first-order valence-electron chi connectivity index (χ1n) is 6.77. The molecule has 0 aliphatic rings. The Morgan fingerprint density at radius 2 is 1.61 bits per heavy atom. The Balaban J connectivity index is 2.10. The van der Waals surface area contributed by atoms with Crippen molar-refractivity contribution in [1.82, 2.24) is 0 Å². The second-order valence-corrected chi connectivity index (χ2v) is 6.56. The number of hydrogen-bond donors (Lipinski definition) is 2. The molecule has 118 valence electrons. The third-order valence-electron chi connectivity index (χ3n) is 2.99. The quantitative estimate of drug-likeness (QED) is 0.881. The van der Waals surface area contributed by atoms with Crippen LogP contribution in [-0.2, 0) is 14.8 Å². The summed E-state index contributed by atoms with van der Waals surface area (Å²) >= 11 is 0. The molecule has 0 saturated heterocycles. The number of hydrogen-bond acceptors (Lipinski definition) is 4. The van der Waals surface area contributed by atoms with E-state index in [1.54, 1.807) is 30.3 Å². The highest BCUT2D eigenvalue weighted by atomic mass is 32.2. The maximum Gasteiger partial charge on any atom is 0.261 e. The standard InChI is InChI=1S/C16H15N3O3S/c1-12-2-8-15(9-3-12)23(21,22)19-14-6-4-13(5-7-14)18-16(20)10-11-17/h2-9,19H,10H2,1H3,(H,18,20). The van der Waals surface area contributed by atoms with E-state index in [-0.39, 0.29) is 11.3 Å². The van der Waals surface area contributed by atoms with Gasteiger partial charge in [0, 0.05) is 11.4 Å².